The maximum absolute atomic E-state index is 12.4. The first-order valence-corrected chi connectivity index (χ1v) is 9.39. The highest BCUT2D eigenvalue weighted by Crippen LogP contribution is 2.37. The quantitative estimate of drug-likeness (QED) is 0.861. The first kappa shape index (κ1) is 16.7. The molecular formula is C18H26N2O2S. The van der Waals surface area contributed by atoms with E-state index in [1.54, 1.807) is 11.3 Å². The van der Waals surface area contributed by atoms with E-state index < -0.39 is 0 Å². The molecule has 5 heteroatoms. The molecule has 1 aromatic rings. The van der Waals surface area contributed by atoms with E-state index in [9.17, 15) is 9.59 Å². The summed E-state index contributed by atoms with van der Waals surface area (Å²) in [4.78, 5) is 28.9. The SMILES string of the molecule is Cc1cc(C(=O)CCC(=O)N2CCC3(CCNC3)CC2)c(C)s1. The Morgan fingerprint density at radius 3 is 2.52 bits per heavy atom. The van der Waals surface area contributed by atoms with Crippen LogP contribution in [0.1, 0.15) is 52.2 Å². The van der Waals surface area contributed by atoms with E-state index in [0.717, 1.165) is 54.3 Å². The molecule has 1 N–H and O–H groups in total. The van der Waals surface area contributed by atoms with Gasteiger partial charge < -0.3 is 10.2 Å². The van der Waals surface area contributed by atoms with Crippen LogP contribution in [-0.2, 0) is 4.79 Å². The molecule has 4 nitrogen and oxygen atoms in total. The highest BCUT2D eigenvalue weighted by molar-refractivity contribution is 7.12. The molecule has 0 saturated carbocycles. The molecule has 126 valence electrons. The Hall–Kier alpha value is -1.20. The van der Waals surface area contributed by atoms with Gasteiger partial charge in [-0.05, 0) is 51.1 Å². The summed E-state index contributed by atoms with van der Waals surface area (Å²) in [5, 5.41) is 3.45. The average Bonchev–Trinajstić information content (AvgIpc) is 3.12. The molecule has 0 aliphatic carbocycles. The molecular weight excluding hydrogens is 308 g/mol. The van der Waals surface area contributed by atoms with Gasteiger partial charge in [-0.3, -0.25) is 9.59 Å². The maximum atomic E-state index is 12.4. The molecule has 1 spiro atoms. The number of piperidine rings is 1. The van der Waals surface area contributed by atoms with Crippen LogP contribution < -0.4 is 5.32 Å². The van der Waals surface area contributed by atoms with Gasteiger partial charge in [0.2, 0.25) is 5.91 Å². The number of hydrogen-bond donors (Lipinski definition) is 1. The van der Waals surface area contributed by atoms with E-state index in [1.807, 2.05) is 24.8 Å². The Morgan fingerprint density at radius 1 is 1.22 bits per heavy atom. The van der Waals surface area contributed by atoms with Crippen LogP contribution in [-0.4, -0.2) is 42.8 Å². The van der Waals surface area contributed by atoms with Crippen molar-refractivity contribution < 1.29 is 9.59 Å². The number of carbonyl (C=O) groups is 2. The van der Waals surface area contributed by atoms with Crippen molar-refractivity contribution in [3.05, 3.63) is 21.4 Å². The van der Waals surface area contributed by atoms with Crippen LogP contribution in [0.15, 0.2) is 6.07 Å². The van der Waals surface area contributed by atoms with Gasteiger partial charge in [-0.25, -0.2) is 0 Å². The number of Topliss-reactive ketones (excluding diaryl/α,β-unsaturated/α-hetero) is 1. The molecule has 0 unspecified atom stereocenters. The van der Waals surface area contributed by atoms with Gasteiger partial charge in [0.1, 0.15) is 0 Å². The molecule has 2 saturated heterocycles. The van der Waals surface area contributed by atoms with Gasteiger partial charge >= 0.3 is 0 Å². The van der Waals surface area contributed by atoms with Crippen LogP contribution >= 0.6 is 11.3 Å². The lowest BCUT2D eigenvalue weighted by Crippen LogP contribution is -2.44. The fourth-order valence-electron chi connectivity index (χ4n) is 3.87. The molecule has 2 aliphatic heterocycles. The summed E-state index contributed by atoms with van der Waals surface area (Å²) in [6.45, 7) is 7.91. The first-order valence-electron chi connectivity index (χ1n) is 8.58. The third-order valence-corrected chi connectivity index (χ3v) is 6.38. The van der Waals surface area contributed by atoms with Crippen LogP contribution in [0.25, 0.3) is 0 Å². The van der Waals surface area contributed by atoms with Gasteiger partial charge in [-0.15, -0.1) is 11.3 Å². The zero-order chi connectivity index (χ0) is 16.4. The zero-order valence-electron chi connectivity index (χ0n) is 14.1. The van der Waals surface area contributed by atoms with E-state index in [4.69, 9.17) is 0 Å². The number of hydrogen-bond acceptors (Lipinski definition) is 4. The average molecular weight is 334 g/mol. The van der Waals surface area contributed by atoms with Crippen molar-refractivity contribution in [2.24, 2.45) is 5.41 Å². The highest BCUT2D eigenvalue weighted by Gasteiger charge is 2.37. The van der Waals surface area contributed by atoms with Crippen molar-refractivity contribution in [1.82, 2.24) is 10.2 Å². The van der Waals surface area contributed by atoms with Gasteiger partial charge in [0.05, 0.1) is 0 Å². The highest BCUT2D eigenvalue weighted by atomic mass is 32.1. The second-order valence-corrected chi connectivity index (χ2v) is 8.52. The maximum Gasteiger partial charge on any atom is 0.223 e. The number of nitrogens with one attached hydrogen (secondary N) is 1. The standard InChI is InChI=1S/C18H26N2O2S/c1-13-11-15(14(2)23-13)16(21)3-4-17(22)20-9-6-18(7-10-20)5-8-19-12-18/h11,19H,3-10,12H2,1-2H3. The number of likely N-dealkylation sites (tertiary alicyclic amines) is 1. The monoisotopic (exact) mass is 334 g/mol. The summed E-state index contributed by atoms with van der Waals surface area (Å²) in [7, 11) is 0. The minimum absolute atomic E-state index is 0.105. The largest absolute Gasteiger partial charge is 0.343 e. The predicted molar refractivity (Wildman–Crippen MR) is 93.1 cm³/mol. The number of thiophene rings is 1. The summed E-state index contributed by atoms with van der Waals surface area (Å²) in [5.41, 5.74) is 1.23. The van der Waals surface area contributed by atoms with Crippen LogP contribution in [0, 0.1) is 19.3 Å². The van der Waals surface area contributed by atoms with E-state index in [-0.39, 0.29) is 11.7 Å². The molecule has 0 bridgehead atoms. The van der Waals surface area contributed by atoms with Crippen molar-refractivity contribution in [1.29, 1.82) is 0 Å². The number of nitrogens with zero attached hydrogens (tertiary/aromatic N) is 1. The minimum Gasteiger partial charge on any atom is -0.343 e. The first-order chi connectivity index (χ1) is 11.0. The minimum atomic E-state index is 0.105. The second-order valence-electron chi connectivity index (χ2n) is 7.06. The second kappa shape index (κ2) is 6.73. The van der Waals surface area contributed by atoms with Crippen LogP contribution in [0.3, 0.4) is 0 Å². The summed E-state index contributed by atoms with van der Waals surface area (Å²) in [5.74, 6) is 0.248. The van der Waals surface area contributed by atoms with Gasteiger partial charge in [0.25, 0.3) is 0 Å². The Balaban J connectivity index is 1.48. The lowest BCUT2D eigenvalue weighted by Gasteiger charge is -2.38. The zero-order valence-corrected chi connectivity index (χ0v) is 14.9. The molecule has 2 aliphatic rings. The fourth-order valence-corrected chi connectivity index (χ4v) is 4.82. The van der Waals surface area contributed by atoms with E-state index >= 15 is 0 Å². The molecule has 0 aromatic carbocycles. The number of ketones is 1. The van der Waals surface area contributed by atoms with E-state index in [1.165, 1.54) is 6.42 Å². The van der Waals surface area contributed by atoms with Crippen molar-refractivity contribution >= 4 is 23.0 Å². The molecule has 1 aromatic heterocycles. The van der Waals surface area contributed by atoms with Crippen LogP contribution in [0.5, 0.6) is 0 Å². The molecule has 23 heavy (non-hydrogen) atoms. The normalized spacial score (nSPS) is 20.2. The number of aryl methyl sites for hydroxylation is 2. The molecule has 0 atom stereocenters. The molecule has 1 amide bonds. The summed E-state index contributed by atoms with van der Waals surface area (Å²) in [6, 6.07) is 1.95. The topological polar surface area (TPSA) is 49.4 Å². The number of amides is 1. The molecule has 2 fully saturated rings. The molecule has 3 heterocycles. The fraction of sp³-hybridized carbons (Fsp3) is 0.667. The number of carbonyl (C=O) groups excluding carboxylic acids is 2. The van der Waals surface area contributed by atoms with Gasteiger partial charge in [-0.1, -0.05) is 0 Å². The summed E-state index contributed by atoms with van der Waals surface area (Å²) < 4.78 is 0. The lowest BCUT2D eigenvalue weighted by molar-refractivity contribution is -0.133. The van der Waals surface area contributed by atoms with E-state index in [0.29, 0.717) is 18.3 Å². The third kappa shape index (κ3) is 3.66. The predicted octanol–water partition coefficient (Wildman–Crippen LogP) is 2.93. The van der Waals surface area contributed by atoms with E-state index in [2.05, 4.69) is 5.32 Å². The third-order valence-electron chi connectivity index (χ3n) is 5.42. The molecule has 0 radical (unpaired) electrons. The van der Waals surface area contributed by atoms with Crippen LogP contribution in [0.2, 0.25) is 0 Å². The summed E-state index contributed by atoms with van der Waals surface area (Å²) >= 11 is 1.65. The van der Waals surface area contributed by atoms with Crippen molar-refractivity contribution in [2.45, 2.75) is 46.0 Å². The Kier molecular flexibility index (Phi) is 4.87. The van der Waals surface area contributed by atoms with Crippen molar-refractivity contribution in [2.75, 3.05) is 26.2 Å². The van der Waals surface area contributed by atoms with Gasteiger partial charge in [-0.2, -0.15) is 0 Å². The lowest BCUT2D eigenvalue weighted by atomic mass is 9.78. The Labute approximate surface area is 142 Å². The smallest absolute Gasteiger partial charge is 0.223 e. The molecule has 3 rings (SSSR count). The Morgan fingerprint density at radius 2 is 1.96 bits per heavy atom. The number of rotatable bonds is 4. The summed E-state index contributed by atoms with van der Waals surface area (Å²) in [6.07, 6.45) is 4.12. The van der Waals surface area contributed by atoms with Crippen molar-refractivity contribution in [3.63, 3.8) is 0 Å². The van der Waals surface area contributed by atoms with Gasteiger partial charge in [0.15, 0.2) is 5.78 Å². The van der Waals surface area contributed by atoms with Crippen LogP contribution in [0.4, 0.5) is 0 Å². The van der Waals surface area contributed by atoms with Crippen molar-refractivity contribution in [3.8, 4) is 0 Å². The van der Waals surface area contributed by atoms with Gasteiger partial charge in [0, 0.05) is 47.8 Å². The Bertz CT molecular complexity index is 592.